The average Bonchev–Trinajstić information content (AvgIpc) is 3.69. The number of carbonyl (C=O) groups excluding carboxylic acids is 2. The summed E-state index contributed by atoms with van der Waals surface area (Å²) in [5.41, 5.74) is 5.40. The molecule has 7 nitrogen and oxygen atoms in total. The Balaban J connectivity index is 1.22. The Morgan fingerprint density at radius 2 is 1.79 bits per heavy atom. The Kier molecular flexibility index (Phi) is 6.90. The molecule has 2 aliphatic rings. The molecule has 4 aromatic rings. The number of thiazole rings is 1. The molecule has 3 heterocycles. The summed E-state index contributed by atoms with van der Waals surface area (Å²) in [6, 6.07) is 23.0. The molecular formula is C30H29N5O2S. The second-order valence-corrected chi connectivity index (χ2v) is 10.6. The zero-order chi connectivity index (χ0) is 25.9. The maximum absolute atomic E-state index is 13.7. The molecule has 2 N–H and O–H groups in total. The highest BCUT2D eigenvalue weighted by Gasteiger charge is 2.37. The van der Waals surface area contributed by atoms with Crippen LogP contribution in [0.2, 0.25) is 0 Å². The predicted octanol–water partition coefficient (Wildman–Crippen LogP) is 5.82. The van der Waals surface area contributed by atoms with Gasteiger partial charge in [0, 0.05) is 41.6 Å². The lowest BCUT2D eigenvalue weighted by Crippen LogP contribution is -2.37. The molecule has 6 rings (SSSR count). The van der Waals surface area contributed by atoms with Crippen LogP contribution in [-0.2, 0) is 17.9 Å². The summed E-state index contributed by atoms with van der Waals surface area (Å²) in [7, 11) is 0. The van der Waals surface area contributed by atoms with Crippen LogP contribution in [0.15, 0.2) is 84.4 Å². The molecule has 0 bridgehead atoms. The van der Waals surface area contributed by atoms with E-state index in [1.807, 2.05) is 54.6 Å². The summed E-state index contributed by atoms with van der Waals surface area (Å²) in [6.07, 6.45) is 4.19. The van der Waals surface area contributed by atoms with Crippen LogP contribution in [0.4, 0.5) is 16.5 Å². The van der Waals surface area contributed by atoms with Crippen molar-refractivity contribution in [3.05, 3.63) is 107 Å². The first-order valence-electron chi connectivity index (χ1n) is 12.9. The van der Waals surface area contributed by atoms with Crippen molar-refractivity contribution in [1.82, 2.24) is 14.8 Å². The molecule has 0 spiro atoms. The molecule has 8 heteroatoms. The van der Waals surface area contributed by atoms with Gasteiger partial charge in [-0.2, -0.15) is 0 Å². The molecule has 0 unspecified atom stereocenters. The molecule has 1 atom stereocenters. The Morgan fingerprint density at radius 3 is 2.58 bits per heavy atom. The lowest BCUT2D eigenvalue weighted by molar-refractivity contribution is -0.120. The monoisotopic (exact) mass is 523 g/mol. The second-order valence-electron chi connectivity index (χ2n) is 9.75. The maximum Gasteiger partial charge on any atom is 0.255 e. The van der Waals surface area contributed by atoms with Crippen LogP contribution in [0.5, 0.6) is 0 Å². The van der Waals surface area contributed by atoms with Gasteiger partial charge in [-0.25, -0.2) is 4.98 Å². The van der Waals surface area contributed by atoms with Gasteiger partial charge in [-0.05, 0) is 66.9 Å². The summed E-state index contributed by atoms with van der Waals surface area (Å²) in [6.45, 7) is 3.64. The fourth-order valence-corrected chi connectivity index (χ4v) is 5.82. The molecule has 192 valence electrons. The third-order valence-electron chi connectivity index (χ3n) is 7.10. The molecule has 0 saturated carbocycles. The van der Waals surface area contributed by atoms with Gasteiger partial charge in [0.15, 0.2) is 5.13 Å². The van der Waals surface area contributed by atoms with E-state index in [-0.39, 0.29) is 11.8 Å². The van der Waals surface area contributed by atoms with E-state index in [1.54, 1.807) is 16.5 Å². The first-order valence-corrected chi connectivity index (χ1v) is 13.8. The Morgan fingerprint density at radius 1 is 0.974 bits per heavy atom. The quantitative estimate of drug-likeness (QED) is 0.304. The fraction of sp³-hybridized carbons (Fsp3) is 0.233. The van der Waals surface area contributed by atoms with Gasteiger partial charge in [0.05, 0.1) is 0 Å². The summed E-state index contributed by atoms with van der Waals surface area (Å²) < 4.78 is 0. The third kappa shape index (κ3) is 5.18. The van der Waals surface area contributed by atoms with Gasteiger partial charge >= 0.3 is 0 Å². The second kappa shape index (κ2) is 10.8. The minimum Gasteiger partial charge on any atom is -0.355 e. The van der Waals surface area contributed by atoms with E-state index in [2.05, 4.69) is 38.7 Å². The largest absolute Gasteiger partial charge is 0.355 e. The number of anilines is 3. The molecule has 2 aliphatic heterocycles. The van der Waals surface area contributed by atoms with Gasteiger partial charge in [0.1, 0.15) is 6.04 Å². The lowest BCUT2D eigenvalue weighted by Gasteiger charge is -2.27. The van der Waals surface area contributed by atoms with Gasteiger partial charge in [-0.3, -0.25) is 19.8 Å². The molecule has 1 aromatic heterocycles. The molecule has 3 aromatic carbocycles. The molecular weight excluding hydrogens is 494 g/mol. The molecule has 0 radical (unpaired) electrons. The number of nitrogens with one attached hydrogen (secondary N) is 2. The van der Waals surface area contributed by atoms with Crippen molar-refractivity contribution < 1.29 is 9.59 Å². The van der Waals surface area contributed by atoms with E-state index in [1.165, 1.54) is 29.7 Å². The molecule has 1 saturated heterocycles. The van der Waals surface area contributed by atoms with Crippen LogP contribution in [0.25, 0.3) is 0 Å². The zero-order valence-electron chi connectivity index (χ0n) is 21.0. The van der Waals surface area contributed by atoms with Crippen molar-refractivity contribution >= 4 is 39.7 Å². The smallest absolute Gasteiger partial charge is 0.255 e. The summed E-state index contributed by atoms with van der Waals surface area (Å²) in [4.78, 5) is 35.4. The number of likely N-dealkylation sites (tertiary alicyclic amines) is 1. The van der Waals surface area contributed by atoms with Crippen LogP contribution in [-0.4, -0.2) is 39.7 Å². The van der Waals surface area contributed by atoms with E-state index in [0.29, 0.717) is 17.2 Å². The molecule has 1 fully saturated rings. The number of amides is 2. The summed E-state index contributed by atoms with van der Waals surface area (Å²) >= 11 is 1.35. The lowest BCUT2D eigenvalue weighted by atomic mass is 10.0. The number of aromatic nitrogens is 1. The van der Waals surface area contributed by atoms with Gasteiger partial charge < -0.3 is 10.2 Å². The van der Waals surface area contributed by atoms with Crippen molar-refractivity contribution in [1.29, 1.82) is 0 Å². The van der Waals surface area contributed by atoms with Crippen LogP contribution in [0.1, 0.15) is 45.9 Å². The van der Waals surface area contributed by atoms with Crippen LogP contribution < -0.4 is 10.6 Å². The van der Waals surface area contributed by atoms with Gasteiger partial charge in [-0.1, -0.05) is 48.5 Å². The van der Waals surface area contributed by atoms with Crippen LogP contribution in [0.3, 0.4) is 0 Å². The molecule has 2 amide bonds. The van der Waals surface area contributed by atoms with Gasteiger partial charge in [0.2, 0.25) is 0 Å². The minimum absolute atomic E-state index is 0.158. The minimum atomic E-state index is -0.765. The van der Waals surface area contributed by atoms with Crippen molar-refractivity contribution in [3.8, 4) is 0 Å². The molecule has 38 heavy (non-hydrogen) atoms. The maximum atomic E-state index is 13.7. The normalized spacial score (nSPS) is 15.9. The van der Waals surface area contributed by atoms with Crippen molar-refractivity contribution in [3.63, 3.8) is 0 Å². The van der Waals surface area contributed by atoms with E-state index < -0.39 is 6.04 Å². The first kappa shape index (κ1) is 24.3. The third-order valence-corrected chi connectivity index (χ3v) is 7.79. The topological polar surface area (TPSA) is 77.6 Å². The number of hydrogen-bond donors (Lipinski definition) is 2. The van der Waals surface area contributed by atoms with E-state index in [9.17, 15) is 9.59 Å². The first-order chi connectivity index (χ1) is 18.6. The number of hydrogen-bond acceptors (Lipinski definition) is 6. The Hall–Kier alpha value is -4.01. The predicted molar refractivity (Wildman–Crippen MR) is 150 cm³/mol. The number of rotatable bonds is 8. The van der Waals surface area contributed by atoms with Gasteiger partial charge in [0.25, 0.3) is 11.8 Å². The van der Waals surface area contributed by atoms with Crippen LogP contribution in [0, 0.1) is 0 Å². The van der Waals surface area contributed by atoms with E-state index >= 15 is 0 Å². The number of fused-ring (bicyclic) bond motifs is 1. The highest BCUT2D eigenvalue weighted by atomic mass is 32.1. The Labute approximate surface area is 226 Å². The highest BCUT2D eigenvalue weighted by Crippen LogP contribution is 2.34. The molecule has 0 aliphatic carbocycles. The summed E-state index contributed by atoms with van der Waals surface area (Å²) in [5, 5.41) is 8.67. The zero-order valence-corrected chi connectivity index (χ0v) is 21.8. The number of benzene rings is 3. The van der Waals surface area contributed by atoms with E-state index in [0.717, 1.165) is 42.1 Å². The van der Waals surface area contributed by atoms with Crippen molar-refractivity contribution in [2.24, 2.45) is 0 Å². The summed E-state index contributed by atoms with van der Waals surface area (Å²) in [5.74, 6) is -0.435. The van der Waals surface area contributed by atoms with E-state index in [4.69, 9.17) is 0 Å². The van der Waals surface area contributed by atoms with Crippen molar-refractivity contribution in [2.75, 3.05) is 23.7 Å². The SMILES string of the molecule is O=C(Nc1nccs1)[C@@H](c1ccccc1)N1Cc2ccc(Nc3cccc(CN4CCCC4)c3)cc2C1=O. The highest BCUT2D eigenvalue weighted by molar-refractivity contribution is 7.13. The standard InChI is InChI=1S/C30H29N5O2S/c36-28(33-30-31-13-16-38-30)27(22-8-2-1-3-9-22)35-20-23-11-12-25(18-26(23)29(35)37)32-24-10-6-7-21(17-24)19-34-14-4-5-15-34/h1-3,6-13,16-18,27,32H,4-5,14-15,19-20H2,(H,31,33,36)/t27-/m1/s1. The average molecular weight is 524 g/mol. The fourth-order valence-electron chi connectivity index (χ4n) is 5.29. The Bertz CT molecular complexity index is 1430. The van der Waals surface area contributed by atoms with Crippen LogP contribution >= 0.6 is 11.3 Å². The van der Waals surface area contributed by atoms with Crippen molar-refractivity contribution in [2.45, 2.75) is 32.0 Å². The van der Waals surface area contributed by atoms with Gasteiger partial charge in [-0.15, -0.1) is 11.3 Å². The number of carbonyl (C=O) groups is 2. The number of nitrogens with zero attached hydrogens (tertiary/aromatic N) is 3.